The molecule has 0 bridgehead atoms. The smallest absolute Gasteiger partial charge is 0.319 e. The van der Waals surface area contributed by atoms with Crippen LogP contribution in [0.5, 0.6) is 0 Å². The van der Waals surface area contributed by atoms with Crippen LogP contribution in [0.15, 0.2) is 78.9 Å². The third-order valence-corrected chi connectivity index (χ3v) is 8.03. The molecule has 0 aliphatic carbocycles. The molecule has 4 atom stereocenters. The number of benzene rings is 3. The fourth-order valence-electron chi connectivity index (χ4n) is 5.65. The number of hydrogen-bond acceptors (Lipinski definition) is 6. The van der Waals surface area contributed by atoms with E-state index in [-0.39, 0.29) is 30.8 Å². The molecule has 3 aromatic rings. The number of urea groups is 1. The summed E-state index contributed by atoms with van der Waals surface area (Å²) >= 11 is 0. The molecule has 2 aliphatic heterocycles. The van der Waals surface area contributed by atoms with E-state index >= 15 is 0 Å². The molecule has 2 fully saturated rings. The molecule has 2 amide bonds. The van der Waals surface area contributed by atoms with Crippen LogP contribution >= 0.6 is 0 Å². The average molecular weight is 559 g/mol. The number of piperazine rings is 1. The fourth-order valence-corrected chi connectivity index (χ4v) is 5.65. The summed E-state index contributed by atoms with van der Waals surface area (Å²) < 4.78 is 13.3. The molecule has 8 nitrogen and oxygen atoms in total. The van der Waals surface area contributed by atoms with Gasteiger partial charge in [-0.3, -0.25) is 9.80 Å². The van der Waals surface area contributed by atoms with Crippen LogP contribution in [0.3, 0.4) is 0 Å². The highest BCUT2D eigenvalue weighted by molar-refractivity contribution is 5.89. The second-order valence-corrected chi connectivity index (χ2v) is 11.0. The molecule has 0 aromatic heterocycles. The van der Waals surface area contributed by atoms with Gasteiger partial charge in [-0.15, -0.1) is 0 Å². The van der Waals surface area contributed by atoms with Crippen LogP contribution in [0, 0.1) is 5.92 Å². The van der Waals surface area contributed by atoms with Crippen molar-refractivity contribution in [3.8, 4) is 0 Å². The van der Waals surface area contributed by atoms with Gasteiger partial charge in [-0.1, -0.05) is 73.7 Å². The maximum Gasteiger partial charge on any atom is 0.319 e. The first-order valence-corrected chi connectivity index (χ1v) is 14.7. The SMILES string of the molecule is CCNC(=O)Nc1cccc([C@@H]2O[C@H](CN3CCN(Cc4ccccc4)CC3)[C@H](C)[C@H](c3ccc(CO)cc3)O2)c1. The molecule has 2 heterocycles. The van der Waals surface area contributed by atoms with Gasteiger partial charge in [0.2, 0.25) is 0 Å². The largest absolute Gasteiger partial charge is 0.392 e. The van der Waals surface area contributed by atoms with E-state index in [0.29, 0.717) is 12.2 Å². The fraction of sp³-hybridized carbons (Fsp3) is 0.424. The van der Waals surface area contributed by atoms with Crippen LogP contribution in [0.2, 0.25) is 0 Å². The Morgan fingerprint density at radius 3 is 2.32 bits per heavy atom. The van der Waals surface area contributed by atoms with Crippen LogP contribution in [0.4, 0.5) is 10.5 Å². The first kappa shape index (κ1) is 29.2. The van der Waals surface area contributed by atoms with Gasteiger partial charge in [-0.2, -0.15) is 0 Å². The Kier molecular flexibility index (Phi) is 10.0. The lowest BCUT2D eigenvalue weighted by molar-refractivity contribution is -0.276. The number of carbonyl (C=O) groups excluding carboxylic acids is 1. The number of anilines is 1. The van der Waals surface area contributed by atoms with E-state index in [1.165, 1.54) is 5.56 Å². The third-order valence-electron chi connectivity index (χ3n) is 8.03. The van der Waals surface area contributed by atoms with E-state index in [1.807, 2.05) is 55.5 Å². The van der Waals surface area contributed by atoms with Crippen molar-refractivity contribution in [1.82, 2.24) is 15.1 Å². The highest BCUT2D eigenvalue weighted by Crippen LogP contribution is 2.42. The molecule has 41 heavy (non-hydrogen) atoms. The molecule has 3 N–H and O–H groups in total. The average Bonchev–Trinajstić information content (AvgIpc) is 3.00. The van der Waals surface area contributed by atoms with E-state index in [2.05, 4.69) is 57.7 Å². The Morgan fingerprint density at radius 1 is 0.878 bits per heavy atom. The minimum Gasteiger partial charge on any atom is -0.392 e. The Morgan fingerprint density at radius 2 is 1.61 bits per heavy atom. The van der Waals surface area contributed by atoms with Gasteiger partial charge in [-0.25, -0.2) is 4.79 Å². The number of rotatable bonds is 9. The van der Waals surface area contributed by atoms with Crippen LogP contribution in [-0.2, 0) is 22.6 Å². The topological polar surface area (TPSA) is 86.3 Å². The van der Waals surface area contributed by atoms with Crippen molar-refractivity contribution in [3.63, 3.8) is 0 Å². The minimum absolute atomic E-state index is 0.0113. The summed E-state index contributed by atoms with van der Waals surface area (Å²) in [6, 6.07) is 26.1. The molecule has 0 radical (unpaired) electrons. The number of amides is 2. The Labute approximate surface area is 243 Å². The predicted molar refractivity (Wildman–Crippen MR) is 160 cm³/mol. The van der Waals surface area contributed by atoms with Crippen molar-refractivity contribution in [3.05, 3.63) is 101 Å². The van der Waals surface area contributed by atoms with Crippen molar-refractivity contribution >= 4 is 11.7 Å². The quantitative estimate of drug-likeness (QED) is 0.345. The van der Waals surface area contributed by atoms with E-state index in [1.54, 1.807) is 0 Å². The number of aliphatic hydroxyl groups is 1. The Balaban J connectivity index is 1.30. The van der Waals surface area contributed by atoms with E-state index in [4.69, 9.17) is 9.47 Å². The summed E-state index contributed by atoms with van der Waals surface area (Å²) in [6.45, 7) is 10.5. The predicted octanol–water partition coefficient (Wildman–Crippen LogP) is 4.93. The third kappa shape index (κ3) is 7.72. The van der Waals surface area contributed by atoms with E-state index in [0.717, 1.165) is 56.0 Å². The zero-order valence-electron chi connectivity index (χ0n) is 24.0. The van der Waals surface area contributed by atoms with Gasteiger partial charge in [0.1, 0.15) is 0 Å². The van der Waals surface area contributed by atoms with Crippen molar-refractivity contribution < 1.29 is 19.4 Å². The number of carbonyl (C=O) groups is 1. The maximum atomic E-state index is 12.1. The Bertz CT molecular complexity index is 1250. The van der Waals surface area contributed by atoms with Crippen molar-refractivity contribution in [2.24, 2.45) is 5.92 Å². The highest BCUT2D eigenvalue weighted by Gasteiger charge is 2.39. The van der Waals surface area contributed by atoms with Crippen LogP contribution in [0.25, 0.3) is 0 Å². The molecule has 0 saturated carbocycles. The minimum atomic E-state index is -0.575. The lowest BCUT2D eigenvalue weighted by Crippen LogP contribution is -2.51. The highest BCUT2D eigenvalue weighted by atomic mass is 16.7. The number of ether oxygens (including phenoxy) is 2. The van der Waals surface area contributed by atoms with E-state index in [9.17, 15) is 9.90 Å². The second-order valence-electron chi connectivity index (χ2n) is 11.0. The molecule has 0 spiro atoms. The van der Waals surface area contributed by atoms with Gasteiger partial charge < -0.3 is 25.2 Å². The maximum absolute atomic E-state index is 12.1. The van der Waals surface area contributed by atoms with Gasteiger partial charge >= 0.3 is 6.03 Å². The first-order chi connectivity index (χ1) is 20.0. The monoisotopic (exact) mass is 558 g/mol. The second kappa shape index (κ2) is 14.1. The van der Waals surface area contributed by atoms with Gasteiger partial charge in [0.05, 0.1) is 18.8 Å². The normalized spacial score (nSPS) is 23.7. The lowest BCUT2D eigenvalue weighted by atomic mass is 9.90. The summed E-state index contributed by atoms with van der Waals surface area (Å²) in [5.41, 5.74) is 4.84. The molecule has 218 valence electrons. The molecule has 2 aliphatic rings. The first-order valence-electron chi connectivity index (χ1n) is 14.7. The number of nitrogens with zero attached hydrogens (tertiary/aromatic N) is 2. The van der Waals surface area contributed by atoms with Gasteiger partial charge in [0, 0.05) is 63.0 Å². The molecule has 8 heteroatoms. The number of nitrogens with one attached hydrogen (secondary N) is 2. The summed E-state index contributed by atoms with van der Waals surface area (Å²) in [5.74, 6) is 0.116. The number of aliphatic hydroxyl groups excluding tert-OH is 1. The van der Waals surface area contributed by atoms with Crippen molar-refractivity contribution in [2.45, 2.75) is 45.5 Å². The van der Waals surface area contributed by atoms with Crippen LogP contribution in [0.1, 0.15) is 48.5 Å². The number of hydrogen-bond donors (Lipinski definition) is 3. The molecule has 5 rings (SSSR count). The summed E-state index contributed by atoms with van der Waals surface area (Å²) in [4.78, 5) is 17.1. The van der Waals surface area contributed by atoms with Gasteiger partial charge in [0.15, 0.2) is 6.29 Å². The van der Waals surface area contributed by atoms with Crippen molar-refractivity contribution in [1.29, 1.82) is 0 Å². The molecular weight excluding hydrogens is 516 g/mol. The zero-order chi connectivity index (χ0) is 28.6. The Hall–Kier alpha value is -3.27. The zero-order valence-corrected chi connectivity index (χ0v) is 24.0. The standard InChI is InChI=1S/C33H42N4O4/c1-3-34-33(39)35-29-11-7-10-28(20-29)32-40-30(24(2)31(41-32)27-14-12-26(23-38)13-15-27)22-37-18-16-36(17-19-37)21-25-8-5-4-6-9-25/h4-15,20,24,30-32,38H,3,16-19,21-23H2,1-2H3,(H2,34,35,39)/t24-,30+,31+,32+/m0/s1. The lowest BCUT2D eigenvalue weighted by Gasteiger charge is -2.44. The van der Waals surface area contributed by atoms with Crippen molar-refractivity contribution in [2.75, 3.05) is 44.6 Å². The summed E-state index contributed by atoms with van der Waals surface area (Å²) in [7, 11) is 0. The summed E-state index contributed by atoms with van der Waals surface area (Å²) in [6.07, 6.45) is -0.795. The van der Waals surface area contributed by atoms with Crippen LogP contribution < -0.4 is 10.6 Å². The van der Waals surface area contributed by atoms with Gasteiger partial charge in [0.25, 0.3) is 0 Å². The molecule has 0 unspecified atom stereocenters. The molecular formula is C33H42N4O4. The van der Waals surface area contributed by atoms with E-state index < -0.39 is 6.29 Å². The molecule has 3 aromatic carbocycles. The van der Waals surface area contributed by atoms with Crippen LogP contribution in [-0.4, -0.2) is 66.3 Å². The summed E-state index contributed by atoms with van der Waals surface area (Å²) in [5, 5.41) is 15.2. The molecule has 2 saturated heterocycles. The van der Waals surface area contributed by atoms with Gasteiger partial charge in [-0.05, 0) is 35.7 Å².